The van der Waals surface area contributed by atoms with Gasteiger partial charge < -0.3 is 5.32 Å². The lowest BCUT2D eigenvalue weighted by atomic mass is 10.00. The SMILES string of the molecule is O=C(Cc1ccccc1)Nc1ccccc1C(=O)Cc1cccc(C(F)(F)F)c1. The van der Waals surface area contributed by atoms with Crippen LogP contribution in [-0.4, -0.2) is 11.7 Å². The number of amides is 1. The highest BCUT2D eigenvalue weighted by atomic mass is 19.4. The van der Waals surface area contributed by atoms with Crippen molar-refractivity contribution in [3.8, 4) is 0 Å². The van der Waals surface area contributed by atoms with Crippen LogP contribution in [0.15, 0.2) is 78.9 Å². The number of rotatable bonds is 6. The lowest BCUT2D eigenvalue weighted by molar-refractivity contribution is -0.137. The number of alkyl halides is 3. The first-order valence-electron chi connectivity index (χ1n) is 8.95. The molecule has 0 aromatic heterocycles. The Morgan fingerprint density at radius 2 is 1.41 bits per heavy atom. The number of hydrogen-bond acceptors (Lipinski definition) is 2. The van der Waals surface area contributed by atoms with Crippen LogP contribution in [0.2, 0.25) is 0 Å². The summed E-state index contributed by atoms with van der Waals surface area (Å²) < 4.78 is 38.6. The van der Waals surface area contributed by atoms with Crippen LogP contribution in [0.25, 0.3) is 0 Å². The second kappa shape index (κ2) is 8.73. The number of anilines is 1. The Labute approximate surface area is 166 Å². The maximum atomic E-state index is 12.9. The van der Waals surface area contributed by atoms with Crippen molar-refractivity contribution in [2.24, 2.45) is 0 Å². The van der Waals surface area contributed by atoms with Gasteiger partial charge in [-0.2, -0.15) is 13.2 Å². The first kappa shape index (κ1) is 20.3. The summed E-state index contributed by atoms with van der Waals surface area (Å²) in [4.78, 5) is 25.0. The van der Waals surface area contributed by atoms with Crippen LogP contribution in [0.4, 0.5) is 18.9 Å². The van der Waals surface area contributed by atoms with E-state index in [2.05, 4.69) is 5.32 Å². The normalized spacial score (nSPS) is 11.1. The third-order valence-electron chi connectivity index (χ3n) is 4.33. The molecular weight excluding hydrogens is 379 g/mol. The minimum absolute atomic E-state index is 0.150. The second-order valence-corrected chi connectivity index (χ2v) is 6.55. The molecule has 3 rings (SSSR count). The van der Waals surface area contributed by atoms with E-state index in [1.165, 1.54) is 12.1 Å². The number of ketones is 1. The van der Waals surface area contributed by atoms with Gasteiger partial charge in [0.05, 0.1) is 17.7 Å². The number of para-hydroxylation sites is 1. The third kappa shape index (κ3) is 5.54. The van der Waals surface area contributed by atoms with Crippen molar-refractivity contribution in [2.75, 3.05) is 5.32 Å². The largest absolute Gasteiger partial charge is 0.416 e. The summed E-state index contributed by atoms with van der Waals surface area (Å²) >= 11 is 0. The predicted octanol–water partition coefficient (Wildman–Crippen LogP) is 5.31. The van der Waals surface area contributed by atoms with E-state index in [-0.39, 0.29) is 35.7 Å². The van der Waals surface area contributed by atoms with Gasteiger partial charge in [-0.3, -0.25) is 9.59 Å². The third-order valence-corrected chi connectivity index (χ3v) is 4.33. The molecule has 3 nitrogen and oxygen atoms in total. The molecule has 0 aliphatic rings. The van der Waals surface area contributed by atoms with Gasteiger partial charge in [0, 0.05) is 12.0 Å². The first-order valence-corrected chi connectivity index (χ1v) is 8.95. The maximum Gasteiger partial charge on any atom is 0.416 e. The monoisotopic (exact) mass is 397 g/mol. The van der Waals surface area contributed by atoms with Gasteiger partial charge >= 0.3 is 6.18 Å². The van der Waals surface area contributed by atoms with E-state index in [9.17, 15) is 22.8 Å². The number of Topliss-reactive ketones (excluding diaryl/α,β-unsaturated/α-hetero) is 1. The van der Waals surface area contributed by atoms with Gasteiger partial charge in [0.25, 0.3) is 0 Å². The molecule has 0 unspecified atom stereocenters. The summed E-state index contributed by atoms with van der Waals surface area (Å²) in [7, 11) is 0. The fraction of sp³-hybridized carbons (Fsp3) is 0.130. The fourth-order valence-electron chi connectivity index (χ4n) is 2.95. The Morgan fingerprint density at radius 3 is 2.14 bits per heavy atom. The van der Waals surface area contributed by atoms with Gasteiger partial charge in [-0.15, -0.1) is 0 Å². The molecule has 0 aliphatic heterocycles. The quantitative estimate of drug-likeness (QED) is 0.573. The Bertz CT molecular complexity index is 1010. The van der Waals surface area contributed by atoms with Crippen LogP contribution in [-0.2, 0) is 23.8 Å². The zero-order valence-corrected chi connectivity index (χ0v) is 15.4. The van der Waals surface area contributed by atoms with Crippen molar-refractivity contribution < 1.29 is 22.8 Å². The highest BCUT2D eigenvalue weighted by molar-refractivity contribution is 6.05. The average molecular weight is 397 g/mol. The van der Waals surface area contributed by atoms with Gasteiger partial charge in [0.15, 0.2) is 5.78 Å². The van der Waals surface area contributed by atoms with Crippen molar-refractivity contribution >= 4 is 17.4 Å². The molecule has 1 N–H and O–H groups in total. The molecule has 3 aromatic rings. The summed E-state index contributed by atoms with van der Waals surface area (Å²) in [5, 5.41) is 2.72. The predicted molar refractivity (Wildman–Crippen MR) is 105 cm³/mol. The standard InChI is InChI=1S/C23H18F3NO2/c24-23(25,26)18-10-6-9-17(13-18)14-21(28)19-11-4-5-12-20(19)27-22(29)15-16-7-2-1-3-8-16/h1-13H,14-15H2,(H,27,29). The van der Waals surface area contributed by atoms with Crippen LogP contribution >= 0.6 is 0 Å². The van der Waals surface area contributed by atoms with Crippen molar-refractivity contribution in [1.82, 2.24) is 0 Å². The average Bonchev–Trinajstić information content (AvgIpc) is 2.68. The molecule has 29 heavy (non-hydrogen) atoms. The van der Waals surface area contributed by atoms with E-state index in [1.54, 1.807) is 24.3 Å². The van der Waals surface area contributed by atoms with Crippen LogP contribution in [0.1, 0.15) is 27.0 Å². The highest BCUT2D eigenvalue weighted by Crippen LogP contribution is 2.30. The molecule has 0 atom stereocenters. The zero-order valence-electron chi connectivity index (χ0n) is 15.4. The summed E-state index contributed by atoms with van der Waals surface area (Å²) in [6.45, 7) is 0. The molecule has 0 aliphatic carbocycles. The van der Waals surface area contributed by atoms with Crippen molar-refractivity contribution in [3.63, 3.8) is 0 Å². The van der Waals surface area contributed by atoms with Crippen molar-refractivity contribution in [3.05, 3.63) is 101 Å². The molecule has 0 bridgehead atoms. The maximum absolute atomic E-state index is 12.9. The number of nitrogens with one attached hydrogen (secondary N) is 1. The number of carbonyl (C=O) groups is 2. The lowest BCUT2D eigenvalue weighted by Gasteiger charge is -2.12. The van der Waals surface area contributed by atoms with Gasteiger partial charge in [-0.05, 0) is 29.3 Å². The van der Waals surface area contributed by atoms with E-state index < -0.39 is 11.7 Å². The van der Waals surface area contributed by atoms with Crippen LogP contribution < -0.4 is 5.32 Å². The van der Waals surface area contributed by atoms with Gasteiger partial charge in [0.1, 0.15) is 0 Å². The smallest absolute Gasteiger partial charge is 0.325 e. The molecule has 0 spiro atoms. The minimum Gasteiger partial charge on any atom is -0.325 e. The Kier molecular flexibility index (Phi) is 6.12. The molecule has 148 valence electrons. The Balaban J connectivity index is 1.74. The number of halogens is 3. The van der Waals surface area contributed by atoms with Gasteiger partial charge in [-0.25, -0.2) is 0 Å². The molecule has 0 radical (unpaired) electrons. The summed E-state index contributed by atoms with van der Waals surface area (Å²) in [6, 6.07) is 20.3. The molecule has 6 heteroatoms. The molecular formula is C23H18F3NO2. The van der Waals surface area contributed by atoms with Crippen LogP contribution in [0.3, 0.4) is 0 Å². The topological polar surface area (TPSA) is 46.2 Å². The molecule has 3 aromatic carbocycles. The molecule has 1 amide bonds. The van der Waals surface area contributed by atoms with Crippen LogP contribution in [0, 0.1) is 0 Å². The van der Waals surface area contributed by atoms with Crippen LogP contribution in [0.5, 0.6) is 0 Å². The Hall–Kier alpha value is -3.41. The van der Waals surface area contributed by atoms with E-state index in [0.29, 0.717) is 5.69 Å². The van der Waals surface area contributed by atoms with Crippen molar-refractivity contribution in [1.29, 1.82) is 0 Å². The van der Waals surface area contributed by atoms with E-state index >= 15 is 0 Å². The lowest BCUT2D eigenvalue weighted by Crippen LogP contribution is -2.17. The highest BCUT2D eigenvalue weighted by Gasteiger charge is 2.30. The summed E-state index contributed by atoms with van der Waals surface area (Å²) in [5.41, 5.74) is 0.886. The zero-order chi connectivity index (χ0) is 20.9. The summed E-state index contributed by atoms with van der Waals surface area (Å²) in [5.74, 6) is -0.657. The number of benzene rings is 3. The minimum atomic E-state index is -4.47. The second-order valence-electron chi connectivity index (χ2n) is 6.55. The Morgan fingerprint density at radius 1 is 0.759 bits per heavy atom. The number of carbonyl (C=O) groups excluding carboxylic acids is 2. The van der Waals surface area contributed by atoms with E-state index in [0.717, 1.165) is 17.7 Å². The molecule has 0 fully saturated rings. The molecule has 0 saturated carbocycles. The fourth-order valence-corrected chi connectivity index (χ4v) is 2.95. The summed E-state index contributed by atoms with van der Waals surface area (Å²) in [6.07, 6.45) is -4.52. The van der Waals surface area contributed by atoms with Gasteiger partial charge in [0.2, 0.25) is 5.91 Å². The van der Waals surface area contributed by atoms with Gasteiger partial charge in [-0.1, -0.05) is 60.7 Å². The van der Waals surface area contributed by atoms with E-state index in [1.807, 2.05) is 30.3 Å². The van der Waals surface area contributed by atoms with Crippen molar-refractivity contribution in [2.45, 2.75) is 19.0 Å². The first-order chi connectivity index (χ1) is 13.8. The molecule has 0 saturated heterocycles. The number of hydrogen-bond donors (Lipinski definition) is 1. The molecule has 0 heterocycles. The van der Waals surface area contributed by atoms with E-state index in [4.69, 9.17) is 0 Å².